The van der Waals surface area contributed by atoms with Gasteiger partial charge in [-0.15, -0.1) is 0 Å². The van der Waals surface area contributed by atoms with Gasteiger partial charge in [0.15, 0.2) is 28.1 Å². The Labute approximate surface area is 228 Å². The summed E-state index contributed by atoms with van der Waals surface area (Å²) in [5.41, 5.74) is 1.27. The number of ether oxygens (including phenoxy) is 4. The number of amides is 1. The predicted molar refractivity (Wildman–Crippen MR) is 145 cm³/mol. The first-order valence-corrected chi connectivity index (χ1v) is 12.2. The topological polar surface area (TPSA) is 123 Å². The summed E-state index contributed by atoms with van der Waals surface area (Å²) in [4.78, 5) is 25.8. The fourth-order valence-electron chi connectivity index (χ4n) is 3.80. The predicted octanol–water partition coefficient (Wildman–Crippen LogP) is 5.32. The number of anilines is 1. The largest absolute Gasteiger partial charge is 0.493 e. The summed E-state index contributed by atoms with van der Waals surface area (Å²) in [7, 11) is 3.13. The molecule has 4 heterocycles. The van der Waals surface area contributed by atoms with E-state index in [-0.39, 0.29) is 10.8 Å². The fraction of sp³-hybridized carbons (Fsp3) is 0.148. The number of pyridine rings is 3. The first-order chi connectivity index (χ1) is 19.0. The number of nitrogens with zero attached hydrogens (tertiary/aromatic N) is 5. The van der Waals surface area contributed by atoms with Crippen molar-refractivity contribution in [2.75, 3.05) is 26.1 Å². The van der Waals surface area contributed by atoms with Crippen molar-refractivity contribution in [2.45, 2.75) is 6.92 Å². The Morgan fingerprint density at radius 1 is 0.974 bits per heavy atom. The lowest BCUT2D eigenvalue weighted by Gasteiger charge is -2.12. The van der Waals surface area contributed by atoms with Gasteiger partial charge >= 0.3 is 0 Å². The van der Waals surface area contributed by atoms with Crippen LogP contribution in [0.5, 0.6) is 28.7 Å². The molecule has 5 aromatic rings. The monoisotopic (exact) mass is 546 g/mol. The summed E-state index contributed by atoms with van der Waals surface area (Å²) in [6.45, 7) is 2.16. The summed E-state index contributed by atoms with van der Waals surface area (Å²) >= 11 is 6.19. The van der Waals surface area contributed by atoms with E-state index in [0.29, 0.717) is 52.4 Å². The van der Waals surface area contributed by atoms with Crippen LogP contribution in [0.15, 0.2) is 67.3 Å². The van der Waals surface area contributed by atoms with E-state index in [4.69, 9.17) is 30.5 Å². The molecule has 0 unspecified atom stereocenters. The number of carbonyl (C=O) groups excluding carboxylic acids is 1. The number of nitrogens with one attached hydrogen (secondary N) is 1. The highest BCUT2D eigenvalue weighted by Gasteiger charge is 2.20. The zero-order chi connectivity index (χ0) is 27.4. The Balaban J connectivity index is 1.35. The lowest BCUT2D eigenvalue weighted by atomic mass is 10.2. The molecule has 1 N–H and O–H groups in total. The van der Waals surface area contributed by atoms with Crippen LogP contribution in [0.3, 0.4) is 0 Å². The normalized spacial score (nSPS) is 10.8. The van der Waals surface area contributed by atoms with Crippen LogP contribution in [0.25, 0.3) is 16.6 Å². The molecule has 198 valence electrons. The maximum atomic E-state index is 13.1. The van der Waals surface area contributed by atoms with Crippen molar-refractivity contribution in [3.8, 4) is 34.4 Å². The van der Waals surface area contributed by atoms with Crippen LogP contribution in [-0.4, -0.2) is 51.5 Å². The molecule has 0 aliphatic rings. The number of halogens is 1. The summed E-state index contributed by atoms with van der Waals surface area (Å²) < 4.78 is 23.9. The van der Waals surface area contributed by atoms with Crippen LogP contribution in [0.1, 0.15) is 17.4 Å². The molecule has 0 saturated heterocycles. The molecule has 5 rings (SSSR count). The molecular weight excluding hydrogens is 524 g/mol. The summed E-state index contributed by atoms with van der Waals surface area (Å²) in [5.74, 6) is 2.23. The standard InChI is InChI=1S/C27H23ClN6O5/c1-4-38-23-15-34(19-6-5-10-30-26(19)28)33-25(23)27(35)32-24-8-7-16(14-31-24)39-20-9-11-29-18-13-22(37-3)21(36-2)12-17(18)20/h5-15H,4H2,1-3H3,(H,31,32,35). The minimum Gasteiger partial charge on any atom is -0.493 e. The minimum absolute atomic E-state index is 0.0755. The zero-order valence-electron chi connectivity index (χ0n) is 21.2. The second-order valence-electron chi connectivity index (χ2n) is 8.00. The number of benzene rings is 1. The van der Waals surface area contributed by atoms with Gasteiger partial charge in [-0.1, -0.05) is 11.6 Å². The van der Waals surface area contributed by atoms with E-state index in [0.717, 1.165) is 5.39 Å². The molecule has 0 bridgehead atoms. The third-order valence-electron chi connectivity index (χ3n) is 5.59. The highest BCUT2D eigenvalue weighted by Crippen LogP contribution is 2.36. The van der Waals surface area contributed by atoms with Gasteiger partial charge in [-0.25, -0.2) is 14.6 Å². The maximum absolute atomic E-state index is 13.1. The average Bonchev–Trinajstić information content (AvgIpc) is 3.37. The number of hydrogen-bond donors (Lipinski definition) is 1. The number of hydrogen-bond acceptors (Lipinski definition) is 9. The van der Waals surface area contributed by atoms with E-state index >= 15 is 0 Å². The number of fused-ring (bicyclic) bond motifs is 1. The Morgan fingerprint density at radius 2 is 1.79 bits per heavy atom. The van der Waals surface area contributed by atoms with Crippen LogP contribution >= 0.6 is 11.6 Å². The Hall–Kier alpha value is -4.90. The van der Waals surface area contributed by atoms with Gasteiger partial charge in [0.2, 0.25) is 0 Å². The van der Waals surface area contributed by atoms with Gasteiger partial charge in [-0.05, 0) is 43.3 Å². The molecule has 4 aromatic heterocycles. The molecule has 39 heavy (non-hydrogen) atoms. The lowest BCUT2D eigenvalue weighted by Crippen LogP contribution is -2.15. The summed E-state index contributed by atoms with van der Waals surface area (Å²) in [6, 6.07) is 12.1. The molecule has 1 aromatic carbocycles. The van der Waals surface area contributed by atoms with Crippen molar-refractivity contribution in [1.29, 1.82) is 0 Å². The van der Waals surface area contributed by atoms with Crippen molar-refractivity contribution >= 4 is 34.2 Å². The highest BCUT2D eigenvalue weighted by molar-refractivity contribution is 6.31. The molecule has 0 aliphatic heterocycles. The second-order valence-corrected chi connectivity index (χ2v) is 8.36. The van der Waals surface area contributed by atoms with E-state index in [1.54, 1.807) is 75.3 Å². The Bertz CT molecular complexity index is 1640. The van der Waals surface area contributed by atoms with Crippen LogP contribution in [0.4, 0.5) is 5.82 Å². The van der Waals surface area contributed by atoms with Gasteiger partial charge < -0.3 is 24.3 Å². The number of rotatable bonds is 9. The maximum Gasteiger partial charge on any atom is 0.281 e. The SMILES string of the molecule is CCOc1cn(-c2cccnc2Cl)nc1C(=O)Nc1ccc(Oc2ccnc3cc(OC)c(OC)cc23)cn1. The molecule has 12 heteroatoms. The van der Waals surface area contributed by atoms with Gasteiger partial charge in [-0.3, -0.25) is 9.78 Å². The van der Waals surface area contributed by atoms with E-state index < -0.39 is 5.91 Å². The van der Waals surface area contributed by atoms with Crippen molar-refractivity contribution in [1.82, 2.24) is 24.7 Å². The number of carbonyl (C=O) groups is 1. The Kier molecular flexibility index (Phi) is 7.41. The van der Waals surface area contributed by atoms with Crippen LogP contribution in [0, 0.1) is 0 Å². The van der Waals surface area contributed by atoms with E-state index in [2.05, 4.69) is 25.4 Å². The first-order valence-electron chi connectivity index (χ1n) is 11.8. The van der Waals surface area contributed by atoms with E-state index in [9.17, 15) is 4.79 Å². The van der Waals surface area contributed by atoms with Crippen LogP contribution in [0.2, 0.25) is 5.15 Å². The van der Waals surface area contributed by atoms with Crippen molar-refractivity contribution in [2.24, 2.45) is 0 Å². The third kappa shape index (κ3) is 5.39. The molecule has 1 amide bonds. The van der Waals surface area contributed by atoms with Gasteiger partial charge in [0.25, 0.3) is 5.91 Å². The molecular formula is C27H23ClN6O5. The molecule has 11 nitrogen and oxygen atoms in total. The molecule has 0 saturated carbocycles. The summed E-state index contributed by atoms with van der Waals surface area (Å²) in [6.07, 6.45) is 6.28. The molecule has 0 radical (unpaired) electrons. The van der Waals surface area contributed by atoms with Gasteiger partial charge in [0.1, 0.15) is 23.0 Å². The molecule has 0 spiro atoms. The van der Waals surface area contributed by atoms with Gasteiger partial charge in [0.05, 0.1) is 38.7 Å². The Morgan fingerprint density at radius 3 is 2.51 bits per heavy atom. The minimum atomic E-state index is -0.500. The van der Waals surface area contributed by atoms with Crippen LogP contribution < -0.4 is 24.3 Å². The van der Waals surface area contributed by atoms with Crippen molar-refractivity contribution in [3.05, 3.63) is 78.1 Å². The second kappa shape index (κ2) is 11.2. The van der Waals surface area contributed by atoms with Crippen LogP contribution in [-0.2, 0) is 0 Å². The smallest absolute Gasteiger partial charge is 0.281 e. The summed E-state index contributed by atoms with van der Waals surface area (Å²) in [5, 5.41) is 8.08. The number of aromatic nitrogens is 5. The molecule has 0 aliphatic carbocycles. The van der Waals surface area contributed by atoms with Crippen molar-refractivity contribution in [3.63, 3.8) is 0 Å². The van der Waals surface area contributed by atoms with Crippen molar-refractivity contribution < 1.29 is 23.7 Å². The quantitative estimate of drug-likeness (QED) is 0.244. The van der Waals surface area contributed by atoms with E-state index in [1.165, 1.54) is 10.9 Å². The number of methoxy groups -OCH3 is 2. The zero-order valence-corrected chi connectivity index (χ0v) is 22.0. The average molecular weight is 547 g/mol. The molecule has 0 fully saturated rings. The highest BCUT2D eigenvalue weighted by atomic mass is 35.5. The first kappa shape index (κ1) is 25.7. The molecule has 0 atom stereocenters. The van der Waals surface area contributed by atoms with E-state index in [1.807, 2.05) is 6.92 Å². The lowest BCUT2D eigenvalue weighted by molar-refractivity contribution is 0.101. The van der Waals surface area contributed by atoms with Gasteiger partial charge in [0, 0.05) is 23.8 Å². The fourth-order valence-corrected chi connectivity index (χ4v) is 4.01. The van der Waals surface area contributed by atoms with Gasteiger partial charge in [-0.2, -0.15) is 5.10 Å². The third-order valence-corrected chi connectivity index (χ3v) is 5.89.